The Morgan fingerprint density at radius 1 is 0.857 bits per heavy atom. The number of urea groups is 1. The average molecular weight is 487 g/mol. The third kappa shape index (κ3) is 6.93. The fourth-order valence-electron chi connectivity index (χ4n) is 2.92. The molecule has 1 aromatic heterocycles. The zero-order valence-corrected chi connectivity index (χ0v) is 18.5. The molecule has 0 fully saturated rings. The summed E-state index contributed by atoms with van der Waals surface area (Å²) < 4.78 is 45.6. The van der Waals surface area contributed by atoms with Gasteiger partial charge < -0.3 is 26.0 Å². The summed E-state index contributed by atoms with van der Waals surface area (Å²) in [5.74, 6) is -0.237. The van der Waals surface area contributed by atoms with E-state index in [1.54, 1.807) is 18.2 Å². The number of halogens is 3. The van der Waals surface area contributed by atoms with E-state index in [1.807, 2.05) is 0 Å². The second-order valence-electron chi connectivity index (χ2n) is 7.10. The van der Waals surface area contributed by atoms with Crippen molar-refractivity contribution in [1.82, 2.24) is 10.3 Å². The van der Waals surface area contributed by atoms with Crippen LogP contribution < -0.4 is 26.0 Å². The highest BCUT2D eigenvalue weighted by molar-refractivity contribution is 6.00. The van der Waals surface area contributed by atoms with Gasteiger partial charge in [-0.15, -0.1) is 0 Å². The zero-order chi connectivity index (χ0) is 25.6. The maximum atomic E-state index is 13.3. The van der Waals surface area contributed by atoms with Crippen molar-refractivity contribution in [2.75, 3.05) is 23.0 Å². The smallest absolute Gasteiger partial charge is 0.418 e. The van der Waals surface area contributed by atoms with Crippen molar-refractivity contribution in [3.63, 3.8) is 0 Å². The van der Waals surface area contributed by atoms with Gasteiger partial charge in [-0.2, -0.15) is 13.2 Å². The van der Waals surface area contributed by atoms with Gasteiger partial charge in [0.1, 0.15) is 17.2 Å². The summed E-state index contributed by atoms with van der Waals surface area (Å²) in [5.41, 5.74) is -1.10. The molecule has 0 unspecified atom stereocenters. The predicted octanol–water partition coefficient (Wildman–Crippen LogP) is 4.85. The quantitative estimate of drug-likeness (QED) is 0.396. The number of hydrogen-bond donors (Lipinski definition) is 4. The van der Waals surface area contributed by atoms with Gasteiger partial charge in [0.25, 0.3) is 5.91 Å². The summed E-state index contributed by atoms with van der Waals surface area (Å²) in [6.45, 7) is 1.09. The first-order valence-electron chi connectivity index (χ1n) is 10.1. The summed E-state index contributed by atoms with van der Waals surface area (Å²) in [6.07, 6.45) is -3.31. The molecule has 0 saturated heterocycles. The van der Waals surface area contributed by atoms with Crippen LogP contribution >= 0.6 is 0 Å². The highest BCUT2D eigenvalue weighted by Gasteiger charge is 2.34. The van der Waals surface area contributed by atoms with Gasteiger partial charge >= 0.3 is 12.2 Å². The molecule has 4 amide bonds. The molecule has 2 aromatic carbocycles. The molecule has 0 atom stereocenters. The first-order chi connectivity index (χ1) is 16.5. The van der Waals surface area contributed by atoms with Gasteiger partial charge in [-0.25, -0.2) is 4.79 Å². The van der Waals surface area contributed by atoms with Gasteiger partial charge in [0.15, 0.2) is 0 Å². The van der Waals surface area contributed by atoms with Gasteiger partial charge in [-0.05, 0) is 48.5 Å². The molecule has 0 saturated carbocycles. The molecule has 0 aliphatic carbocycles. The molecule has 3 aromatic rings. The van der Waals surface area contributed by atoms with Crippen molar-refractivity contribution >= 4 is 34.9 Å². The fraction of sp³-hybridized carbons (Fsp3) is 0.130. The summed E-state index contributed by atoms with van der Waals surface area (Å²) in [6, 6.07) is 11.4. The van der Waals surface area contributed by atoms with E-state index in [0.29, 0.717) is 17.2 Å². The van der Waals surface area contributed by atoms with E-state index in [4.69, 9.17) is 4.74 Å². The van der Waals surface area contributed by atoms with Crippen LogP contribution in [0.3, 0.4) is 0 Å². The van der Waals surface area contributed by atoms with E-state index >= 15 is 0 Å². The van der Waals surface area contributed by atoms with Crippen LogP contribution in [-0.4, -0.2) is 29.9 Å². The summed E-state index contributed by atoms with van der Waals surface area (Å²) >= 11 is 0. The van der Waals surface area contributed by atoms with Crippen LogP contribution in [0.4, 0.5) is 35.0 Å². The SMILES string of the molecule is CNC(=O)c1cc(Oc2ccc(NC(=O)Nc3ccc(NC(C)=O)c(C(F)(F)F)c3)cc2)ccn1. The minimum absolute atomic E-state index is 0.117. The second-order valence-corrected chi connectivity index (χ2v) is 7.10. The number of hydrogen-bond acceptors (Lipinski definition) is 5. The number of nitrogens with one attached hydrogen (secondary N) is 4. The minimum atomic E-state index is -4.74. The standard InChI is InChI=1S/C23H20F3N5O4/c1-13(32)29-19-8-5-15(11-18(19)23(24,25)26)31-22(34)30-14-3-6-16(7-4-14)35-17-9-10-28-20(12-17)21(33)27-2/h3-12H,1-2H3,(H,27,33)(H,29,32)(H2,30,31,34). The molecule has 182 valence electrons. The lowest BCUT2D eigenvalue weighted by Gasteiger charge is -2.15. The number of rotatable bonds is 6. The number of aromatic nitrogens is 1. The highest BCUT2D eigenvalue weighted by atomic mass is 19.4. The van der Waals surface area contributed by atoms with Crippen molar-refractivity contribution < 1.29 is 32.3 Å². The Hall–Kier alpha value is -4.61. The van der Waals surface area contributed by atoms with Crippen molar-refractivity contribution in [1.29, 1.82) is 0 Å². The number of amides is 4. The second kappa shape index (κ2) is 10.5. The average Bonchev–Trinajstić information content (AvgIpc) is 2.80. The lowest BCUT2D eigenvalue weighted by molar-refractivity contribution is -0.136. The third-order valence-electron chi connectivity index (χ3n) is 4.43. The maximum Gasteiger partial charge on any atom is 0.418 e. The Morgan fingerprint density at radius 2 is 1.51 bits per heavy atom. The molecule has 9 nitrogen and oxygen atoms in total. The van der Waals surface area contributed by atoms with Crippen LogP contribution in [0, 0.1) is 0 Å². The predicted molar refractivity (Wildman–Crippen MR) is 123 cm³/mol. The molecule has 12 heteroatoms. The molecule has 35 heavy (non-hydrogen) atoms. The minimum Gasteiger partial charge on any atom is -0.457 e. The number of anilines is 3. The lowest BCUT2D eigenvalue weighted by Crippen LogP contribution is -2.20. The largest absolute Gasteiger partial charge is 0.457 e. The van der Waals surface area contributed by atoms with Crippen LogP contribution in [0.2, 0.25) is 0 Å². The van der Waals surface area contributed by atoms with E-state index in [0.717, 1.165) is 19.1 Å². The van der Waals surface area contributed by atoms with Gasteiger partial charge in [-0.3, -0.25) is 14.6 Å². The Labute approximate surface area is 197 Å². The van der Waals surface area contributed by atoms with E-state index in [2.05, 4.69) is 26.3 Å². The number of carbonyl (C=O) groups excluding carboxylic acids is 3. The normalized spacial score (nSPS) is 10.8. The molecular formula is C23H20F3N5O4. The molecule has 0 aliphatic heterocycles. The number of carbonyl (C=O) groups is 3. The molecule has 0 aliphatic rings. The Morgan fingerprint density at radius 3 is 2.14 bits per heavy atom. The maximum absolute atomic E-state index is 13.3. The van der Waals surface area contributed by atoms with Crippen LogP contribution in [0.5, 0.6) is 11.5 Å². The topological polar surface area (TPSA) is 121 Å². The number of nitrogens with zero attached hydrogens (tertiary/aromatic N) is 1. The van der Waals surface area contributed by atoms with Gasteiger partial charge in [-0.1, -0.05) is 0 Å². The van der Waals surface area contributed by atoms with E-state index in [9.17, 15) is 27.6 Å². The number of benzene rings is 2. The number of pyridine rings is 1. The Balaban J connectivity index is 1.65. The van der Waals surface area contributed by atoms with Gasteiger partial charge in [0.2, 0.25) is 5.91 Å². The first kappa shape index (κ1) is 25.0. The van der Waals surface area contributed by atoms with Crippen LogP contribution in [0.1, 0.15) is 23.0 Å². The fourth-order valence-corrected chi connectivity index (χ4v) is 2.92. The molecule has 3 rings (SSSR count). The summed E-state index contributed by atoms with van der Waals surface area (Å²) in [7, 11) is 1.48. The van der Waals surface area contributed by atoms with Crippen molar-refractivity contribution in [2.45, 2.75) is 13.1 Å². The monoisotopic (exact) mass is 487 g/mol. The molecule has 4 N–H and O–H groups in total. The van der Waals surface area contributed by atoms with E-state index in [-0.39, 0.29) is 17.3 Å². The highest BCUT2D eigenvalue weighted by Crippen LogP contribution is 2.36. The van der Waals surface area contributed by atoms with E-state index < -0.39 is 29.4 Å². The van der Waals surface area contributed by atoms with Crippen LogP contribution in [0.25, 0.3) is 0 Å². The Bertz CT molecular complexity index is 1250. The summed E-state index contributed by atoms with van der Waals surface area (Å²) in [5, 5.41) is 9.39. The lowest BCUT2D eigenvalue weighted by atomic mass is 10.1. The van der Waals surface area contributed by atoms with Gasteiger partial charge in [0, 0.05) is 37.6 Å². The molecule has 1 heterocycles. The summed E-state index contributed by atoms with van der Waals surface area (Å²) in [4.78, 5) is 39.0. The van der Waals surface area contributed by atoms with Crippen molar-refractivity contribution in [3.05, 3.63) is 72.1 Å². The Kier molecular flexibility index (Phi) is 7.54. The van der Waals surface area contributed by atoms with Crippen molar-refractivity contribution in [3.8, 4) is 11.5 Å². The van der Waals surface area contributed by atoms with Crippen molar-refractivity contribution in [2.24, 2.45) is 0 Å². The van der Waals surface area contributed by atoms with E-state index in [1.165, 1.54) is 37.5 Å². The molecular weight excluding hydrogens is 467 g/mol. The number of alkyl halides is 3. The molecule has 0 radical (unpaired) electrons. The zero-order valence-electron chi connectivity index (χ0n) is 18.5. The first-order valence-corrected chi connectivity index (χ1v) is 10.1. The third-order valence-corrected chi connectivity index (χ3v) is 4.43. The number of ether oxygens (including phenoxy) is 1. The van der Waals surface area contributed by atoms with Crippen LogP contribution in [-0.2, 0) is 11.0 Å². The van der Waals surface area contributed by atoms with Gasteiger partial charge in [0.05, 0.1) is 11.3 Å². The molecule has 0 bridgehead atoms. The van der Waals surface area contributed by atoms with Crippen LogP contribution in [0.15, 0.2) is 60.8 Å². The molecule has 0 spiro atoms.